The largest absolute Gasteiger partial charge is 0.413 e. The zero-order valence-corrected chi connectivity index (χ0v) is 37.7. The predicted molar refractivity (Wildman–Crippen MR) is 215 cm³/mol. The second kappa shape index (κ2) is 15.0. The summed E-state index contributed by atoms with van der Waals surface area (Å²) in [6.45, 7) is 45.2. The topological polar surface area (TPSA) is 36.9 Å². The molecule has 3 saturated carbocycles. The van der Waals surface area contributed by atoms with Crippen LogP contribution in [0.15, 0.2) is 35.5 Å². The van der Waals surface area contributed by atoms with E-state index in [9.17, 15) is 0 Å². The molecule has 0 unspecified atom stereocenters. The maximum absolute atomic E-state index is 7.10. The average molecular weight is 719 g/mol. The molecule has 0 heterocycles. The third kappa shape index (κ3) is 10.4. The van der Waals surface area contributed by atoms with E-state index in [1.165, 1.54) is 43.3 Å². The molecular weight excluding hydrogens is 641 g/mol. The molecule has 3 rings (SSSR count). The maximum atomic E-state index is 7.10. The molecule has 4 nitrogen and oxygen atoms in total. The summed E-state index contributed by atoms with van der Waals surface area (Å²) in [7, 11) is -5.51. The summed E-state index contributed by atoms with van der Waals surface area (Å²) in [4.78, 5) is 0. The van der Waals surface area contributed by atoms with E-state index < -0.39 is 25.0 Å². The van der Waals surface area contributed by atoms with E-state index in [1.54, 1.807) is 5.57 Å². The number of hydrogen-bond acceptors (Lipinski definition) is 4. The molecule has 0 aromatic carbocycles. The monoisotopic (exact) mass is 719 g/mol. The Morgan fingerprint density at radius 2 is 1.46 bits per heavy atom. The number of allylic oxidation sites excluding steroid dienone is 3. The Bertz CT molecular complexity index is 1180. The van der Waals surface area contributed by atoms with Crippen molar-refractivity contribution in [3.63, 3.8) is 0 Å². The SMILES string of the molecule is C=C1C(=CC=C2CCC[C@]3(C)[C@@H]([C@H](C)OCCC(C)(C)O[Si](C)(C)C)CC[C@@H]23)C[C@@H](O[Si](C)(C)C(C)(C)C)C[C@@H]1O[Si](C)(C)C(C)(C)C. The Hall–Kier alpha value is -0.289. The van der Waals surface area contributed by atoms with Gasteiger partial charge in [0.15, 0.2) is 25.0 Å². The van der Waals surface area contributed by atoms with Crippen LogP contribution in [0.25, 0.3) is 0 Å². The molecule has 3 aliphatic carbocycles. The van der Waals surface area contributed by atoms with Gasteiger partial charge in [0, 0.05) is 13.0 Å². The van der Waals surface area contributed by atoms with Gasteiger partial charge in [-0.2, -0.15) is 0 Å². The van der Waals surface area contributed by atoms with Crippen molar-refractivity contribution in [2.24, 2.45) is 17.3 Å². The maximum Gasteiger partial charge on any atom is 0.192 e. The van der Waals surface area contributed by atoms with Crippen LogP contribution >= 0.6 is 0 Å². The van der Waals surface area contributed by atoms with E-state index in [4.69, 9.17) is 24.6 Å². The summed E-state index contributed by atoms with van der Waals surface area (Å²) in [6, 6.07) is 0. The van der Waals surface area contributed by atoms with Crippen molar-refractivity contribution in [2.75, 3.05) is 6.61 Å². The van der Waals surface area contributed by atoms with Gasteiger partial charge >= 0.3 is 0 Å². The number of fused-ring (bicyclic) bond motifs is 1. The van der Waals surface area contributed by atoms with Crippen LogP contribution < -0.4 is 0 Å². The van der Waals surface area contributed by atoms with E-state index >= 15 is 0 Å². The van der Waals surface area contributed by atoms with Gasteiger partial charge in [0.05, 0.1) is 23.9 Å². The van der Waals surface area contributed by atoms with Crippen LogP contribution in [0, 0.1) is 17.3 Å². The lowest BCUT2D eigenvalue weighted by Gasteiger charge is -2.45. The molecule has 278 valence electrons. The molecule has 0 aromatic heterocycles. The molecule has 3 fully saturated rings. The molecule has 0 saturated heterocycles. The minimum atomic E-state index is -1.99. The minimum absolute atomic E-state index is 0.0191. The third-order valence-corrected chi connectivity index (χ3v) is 23.2. The van der Waals surface area contributed by atoms with Gasteiger partial charge in [-0.3, -0.25) is 0 Å². The Labute approximate surface area is 301 Å². The summed E-state index contributed by atoms with van der Waals surface area (Å²) in [5, 5.41) is 0.324. The van der Waals surface area contributed by atoms with Crippen LogP contribution in [-0.2, 0) is 18.0 Å². The van der Waals surface area contributed by atoms with Crippen LogP contribution in [0.5, 0.6) is 0 Å². The van der Waals surface area contributed by atoms with Crippen LogP contribution in [-0.4, -0.2) is 55.5 Å². The molecule has 0 radical (unpaired) electrons. The molecule has 6 atom stereocenters. The van der Waals surface area contributed by atoms with Crippen molar-refractivity contribution in [1.82, 2.24) is 0 Å². The van der Waals surface area contributed by atoms with Gasteiger partial charge in [-0.25, -0.2) is 0 Å². The molecule has 0 N–H and O–H groups in total. The fourth-order valence-electron chi connectivity index (χ4n) is 8.30. The van der Waals surface area contributed by atoms with Gasteiger partial charge in [-0.15, -0.1) is 0 Å². The van der Waals surface area contributed by atoms with E-state index in [0.717, 1.165) is 25.9 Å². The van der Waals surface area contributed by atoms with Crippen molar-refractivity contribution in [3.8, 4) is 0 Å². The highest BCUT2D eigenvalue weighted by Crippen LogP contribution is 2.59. The van der Waals surface area contributed by atoms with Gasteiger partial charge < -0.3 is 18.0 Å². The highest BCUT2D eigenvalue weighted by atomic mass is 28.4. The normalized spacial score (nSPS) is 30.6. The zero-order valence-electron chi connectivity index (χ0n) is 34.7. The van der Waals surface area contributed by atoms with Gasteiger partial charge in [-0.1, -0.05) is 72.8 Å². The molecule has 0 spiro atoms. The molecule has 7 heteroatoms. The van der Waals surface area contributed by atoms with Gasteiger partial charge in [-0.05, 0) is 150 Å². The summed E-state index contributed by atoms with van der Waals surface area (Å²) < 4.78 is 27.3. The smallest absolute Gasteiger partial charge is 0.192 e. The van der Waals surface area contributed by atoms with Crippen molar-refractivity contribution >= 4 is 25.0 Å². The van der Waals surface area contributed by atoms with Crippen LogP contribution in [0.1, 0.15) is 121 Å². The van der Waals surface area contributed by atoms with Crippen molar-refractivity contribution in [1.29, 1.82) is 0 Å². The molecule has 0 amide bonds. The Balaban J connectivity index is 1.81. The molecule has 3 aliphatic rings. The molecule has 0 aliphatic heterocycles. The zero-order chi connectivity index (χ0) is 36.7. The highest BCUT2D eigenvalue weighted by molar-refractivity contribution is 6.74. The fourth-order valence-corrected chi connectivity index (χ4v) is 12.7. The second-order valence-electron chi connectivity index (χ2n) is 20.7. The average Bonchev–Trinajstić information content (AvgIpc) is 3.24. The van der Waals surface area contributed by atoms with Gasteiger partial charge in [0.25, 0.3) is 0 Å². The van der Waals surface area contributed by atoms with Gasteiger partial charge in [0.2, 0.25) is 0 Å². The standard InChI is InChI=1S/C41H78O4Si3/c1-30-33(28-34(43-47(15,16)38(3,4)5)29-37(30)44-48(17,18)39(6,7)8)22-21-32-20-19-25-41(11)35(23-24-36(32)41)31(2)42-27-26-40(9,10)45-46(12,13)14/h21-22,31,34-37H,1,19-20,23-29H2,2-18H3/t31-,34+,35+,36-,37-,41+/m0/s1. The molecular formula is C41H78O4Si3. The highest BCUT2D eigenvalue weighted by Gasteiger charge is 2.51. The van der Waals surface area contributed by atoms with E-state index in [1.807, 2.05) is 0 Å². The van der Waals surface area contributed by atoms with Crippen molar-refractivity contribution in [2.45, 2.75) is 200 Å². The number of hydrogen-bond donors (Lipinski definition) is 0. The summed E-state index contributed by atoms with van der Waals surface area (Å²) in [6.07, 6.45) is 14.5. The Morgan fingerprint density at radius 1 is 0.875 bits per heavy atom. The first kappa shape index (κ1) is 42.1. The van der Waals surface area contributed by atoms with Crippen LogP contribution in [0.3, 0.4) is 0 Å². The summed E-state index contributed by atoms with van der Waals surface area (Å²) >= 11 is 0. The minimum Gasteiger partial charge on any atom is -0.413 e. The number of rotatable bonds is 12. The molecule has 0 bridgehead atoms. The van der Waals surface area contributed by atoms with Crippen LogP contribution in [0.4, 0.5) is 0 Å². The van der Waals surface area contributed by atoms with Crippen LogP contribution in [0.2, 0.25) is 55.9 Å². The first-order valence-corrected chi connectivity index (χ1v) is 28.6. The molecule has 0 aromatic rings. The van der Waals surface area contributed by atoms with E-state index in [0.29, 0.717) is 11.8 Å². The quantitative estimate of drug-likeness (QED) is 0.188. The fraction of sp³-hybridized carbons (Fsp3) is 0.854. The Kier molecular flexibility index (Phi) is 13.1. The summed E-state index contributed by atoms with van der Waals surface area (Å²) in [5.41, 5.74) is 4.31. The lowest BCUT2D eigenvalue weighted by atomic mass is 9.62. The van der Waals surface area contributed by atoms with Crippen molar-refractivity contribution in [3.05, 3.63) is 35.5 Å². The first-order chi connectivity index (χ1) is 21.6. The third-order valence-electron chi connectivity index (χ3n) is 13.0. The number of ether oxygens (including phenoxy) is 1. The van der Waals surface area contributed by atoms with Gasteiger partial charge in [0.1, 0.15) is 0 Å². The summed E-state index contributed by atoms with van der Waals surface area (Å²) in [5.74, 6) is 1.22. The predicted octanol–water partition coefficient (Wildman–Crippen LogP) is 12.6. The van der Waals surface area contributed by atoms with Crippen molar-refractivity contribution < 1.29 is 18.0 Å². The lowest BCUT2D eigenvalue weighted by Crippen LogP contribution is -2.49. The molecule has 48 heavy (non-hydrogen) atoms. The Morgan fingerprint density at radius 3 is 2.02 bits per heavy atom. The second-order valence-corrected chi connectivity index (χ2v) is 34.6. The van der Waals surface area contributed by atoms with E-state index in [2.05, 4.69) is 127 Å². The first-order valence-electron chi connectivity index (χ1n) is 19.3. The lowest BCUT2D eigenvalue weighted by molar-refractivity contribution is -0.0423. The van der Waals surface area contributed by atoms with E-state index in [-0.39, 0.29) is 39.4 Å².